The van der Waals surface area contributed by atoms with E-state index in [1.807, 2.05) is 0 Å². The number of aromatic nitrogens is 2. The third-order valence-electron chi connectivity index (χ3n) is 2.52. The molecule has 0 bridgehead atoms. The van der Waals surface area contributed by atoms with Gasteiger partial charge in [-0.2, -0.15) is 5.10 Å². The molecule has 4 nitrogen and oxygen atoms in total. The number of hydrogen-bond acceptors (Lipinski definition) is 3. The Labute approximate surface area is 111 Å². The molecule has 3 N–H and O–H groups in total. The fourth-order valence-corrected chi connectivity index (χ4v) is 2.00. The molecule has 0 saturated heterocycles. The zero-order valence-corrected chi connectivity index (χ0v) is 11.3. The van der Waals surface area contributed by atoms with Crippen LogP contribution in [0.5, 0.6) is 0 Å². The summed E-state index contributed by atoms with van der Waals surface area (Å²) in [6.07, 6.45) is 0. The van der Waals surface area contributed by atoms with Gasteiger partial charge in [-0.05, 0) is 19.1 Å². The second-order valence-electron chi connectivity index (χ2n) is 3.84. The van der Waals surface area contributed by atoms with Crippen LogP contribution >= 0.6 is 15.9 Å². The van der Waals surface area contributed by atoms with Gasteiger partial charge in [0.1, 0.15) is 5.69 Å². The van der Waals surface area contributed by atoms with Crippen LogP contribution in [0.3, 0.4) is 0 Å². The topological polar surface area (TPSA) is 55.9 Å². The Morgan fingerprint density at radius 1 is 1.33 bits per heavy atom. The molecule has 2 rings (SSSR count). The van der Waals surface area contributed by atoms with Crippen LogP contribution in [-0.4, -0.2) is 9.78 Å². The predicted molar refractivity (Wildman–Crippen MR) is 69.7 cm³/mol. The standard InChI is InChI=1S/C11H11BrF2N4/c1-5-9(15)11(18(2)17-5)16-10-7(13)3-6(12)4-8(10)14/h3-4,16H,15H2,1-2H3. The van der Waals surface area contributed by atoms with Crippen molar-refractivity contribution in [2.75, 3.05) is 11.1 Å². The first kappa shape index (κ1) is 12.8. The zero-order chi connectivity index (χ0) is 13.4. The van der Waals surface area contributed by atoms with E-state index in [9.17, 15) is 8.78 Å². The molecule has 0 aliphatic carbocycles. The van der Waals surface area contributed by atoms with Gasteiger partial charge in [0.05, 0.1) is 11.4 Å². The van der Waals surface area contributed by atoms with Crippen molar-refractivity contribution in [3.63, 3.8) is 0 Å². The second kappa shape index (κ2) is 4.56. The minimum Gasteiger partial charge on any atom is -0.394 e. The van der Waals surface area contributed by atoms with Gasteiger partial charge in [-0.1, -0.05) is 15.9 Å². The van der Waals surface area contributed by atoms with Gasteiger partial charge in [-0.25, -0.2) is 8.78 Å². The molecule has 1 heterocycles. The van der Waals surface area contributed by atoms with E-state index < -0.39 is 11.6 Å². The molecule has 1 aromatic carbocycles. The summed E-state index contributed by atoms with van der Waals surface area (Å²) in [6, 6.07) is 2.34. The van der Waals surface area contributed by atoms with Gasteiger partial charge in [-0.3, -0.25) is 4.68 Å². The highest BCUT2D eigenvalue weighted by Gasteiger charge is 2.15. The molecule has 0 fully saturated rings. The summed E-state index contributed by atoms with van der Waals surface area (Å²) >= 11 is 3.02. The Morgan fingerprint density at radius 2 is 1.89 bits per heavy atom. The molecule has 0 aliphatic rings. The quantitative estimate of drug-likeness (QED) is 0.895. The fourth-order valence-electron chi connectivity index (χ4n) is 1.60. The van der Waals surface area contributed by atoms with Gasteiger partial charge in [-0.15, -0.1) is 0 Å². The Bertz CT molecular complexity index is 586. The van der Waals surface area contributed by atoms with Gasteiger partial charge in [0.25, 0.3) is 0 Å². The summed E-state index contributed by atoms with van der Waals surface area (Å²) in [5.41, 5.74) is 6.48. The second-order valence-corrected chi connectivity index (χ2v) is 4.76. The van der Waals surface area contributed by atoms with Crippen molar-refractivity contribution in [2.45, 2.75) is 6.92 Å². The molecule has 0 amide bonds. The van der Waals surface area contributed by atoms with Crippen molar-refractivity contribution in [3.05, 3.63) is 33.9 Å². The number of hydrogen-bond donors (Lipinski definition) is 2. The summed E-state index contributed by atoms with van der Waals surface area (Å²) in [4.78, 5) is 0. The summed E-state index contributed by atoms with van der Waals surface area (Å²) in [7, 11) is 1.64. The number of nitrogens with two attached hydrogens (primary N) is 1. The molecule has 0 spiro atoms. The highest BCUT2D eigenvalue weighted by Crippen LogP contribution is 2.30. The van der Waals surface area contributed by atoms with Crippen LogP contribution in [0.2, 0.25) is 0 Å². The number of anilines is 3. The number of nitrogens with zero attached hydrogens (tertiary/aromatic N) is 2. The molecule has 0 unspecified atom stereocenters. The van der Waals surface area contributed by atoms with Crippen molar-refractivity contribution in [3.8, 4) is 0 Å². The number of halogens is 3. The number of benzene rings is 1. The summed E-state index contributed by atoms with van der Waals surface area (Å²) in [6.45, 7) is 1.72. The minimum absolute atomic E-state index is 0.257. The number of nitrogens with one attached hydrogen (secondary N) is 1. The van der Waals surface area contributed by atoms with Crippen molar-refractivity contribution in [2.24, 2.45) is 7.05 Å². The van der Waals surface area contributed by atoms with Crippen LogP contribution in [0.4, 0.5) is 26.0 Å². The summed E-state index contributed by atoms with van der Waals surface area (Å²) in [5.74, 6) is -1.06. The SMILES string of the molecule is Cc1nn(C)c(Nc2c(F)cc(Br)cc2F)c1N. The van der Waals surface area contributed by atoms with Crippen molar-refractivity contribution in [1.29, 1.82) is 0 Å². The van der Waals surface area contributed by atoms with E-state index in [-0.39, 0.29) is 5.69 Å². The Hall–Kier alpha value is -1.63. The van der Waals surface area contributed by atoms with Gasteiger partial charge >= 0.3 is 0 Å². The molecule has 0 saturated carbocycles. The van der Waals surface area contributed by atoms with Crippen LogP contribution in [-0.2, 0) is 7.05 Å². The number of nitrogen functional groups attached to an aromatic ring is 1. The highest BCUT2D eigenvalue weighted by atomic mass is 79.9. The van der Waals surface area contributed by atoms with E-state index >= 15 is 0 Å². The van der Waals surface area contributed by atoms with Gasteiger partial charge in [0.2, 0.25) is 0 Å². The third kappa shape index (κ3) is 2.17. The Morgan fingerprint density at radius 3 is 2.33 bits per heavy atom. The largest absolute Gasteiger partial charge is 0.394 e. The van der Waals surface area contributed by atoms with Crippen LogP contribution in [0, 0.1) is 18.6 Å². The monoisotopic (exact) mass is 316 g/mol. The lowest BCUT2D eigenvalue weighted by Crippen LogP contribution is -2.04. The maximum absolute atomic E-state index is 13.7. The van der Waals surface area contributed by atoms with E-state index in [1.165, 1.54) is 16.8 Å². The number of rotatable bonds is 2. The summed E-state index contributed by atoms with van der Waals surface area (Å²) < 4.78 is 29.1. The average molecular weight is 317 g/mol. The number of aryl methyl sites for hydroxylation is 2. The van der Waals surface area contributed by atoms with Crippen molar-refractivity contribution in [1.82, 2.24) is 9.78 Å². The van der Waals surface area contributed by atoms with E-state index in [1.54, 1.807) is 14.0 Å². The van der Waals surface area contributed by atoms with Crippen LogP contribution < -0.4 is 11.1 Å². The molecule has 0 atom stereocenters. The van der Waals surface area contributed by atoms with E-state index in [0.717, 1.165) is 0 Å². The van der Waals surface area contributed by atoms with Crippen LogP contribution in [0.25, 0.3) is 0 Å². The van der Waals surface area contributed by atoms with Gasteiger partial charge in [0, 0.05) is 11.5 Å². The molecule has 2 aromatic rings. The molecular weight excluding hydrogens is 306 g/mol. The molecule has 96 valence electrons. The van der Waals surface area contributed by atoms with Crippen molar-refractivity contribution < 1.29 is 8.78 Å². The molecule has 7 heteroatoms. The summed E-state index contributed by atoms with van der Waals surface area (Å²) in [5, 5.41) is 6.69. The van der Waals surface area contributed by atoms with E-state index in [4.69, 9.17) is 5.73 Å². The Balaban J connectivity index is 2.46. The first-order valence-electron chi connectivity index (χ1n) is 5.10. The first-order chi connectivity index (χ1) is 8.40. The first-order valence-corrected chi connectivity index (χ1v) is 5.90. The molecule has 1 aromatic heterocycles. The normalized spacial score (nSPS) is 10.7. The van der Waals surface area contributed by atoms with E-state index in [2.05, 4.69) is 26.3 Å². The van der Waals surface area contributed by atoms with Gasteiger partial charge in [0.15, 0.2) is 17.5 Å². The zero-order valence-electron chi connectivity index (χ0n) is 9.76. The van der Waals surface area contributed by atoms with Crippen LogP contribution in [0.15, 0.2) is 16.6 Å². The molecular formula is C11H11BrF2N4. The third-order valence-corrected chi connectivity index (χ3v) is 2.98. The maximum atomic E-state index is 13.7. The van der Waals surface area contributed by atoms with Gasteiger partial charge < -0.3 is 11.1 Å². The lowest BCUT2D eigenvalue weighted by Gasteiger charge is -2.10. The maximum Gasteiger partial charge on any atom is 0.152 e. The average Bonchev–Trinajstić information content (AvgIpc) is 2.48. The smallest absolute Gasteiger partial charge is 0.152 e. The lowest BCUT2D eigenvalue weighted by molar-refractivity contribution is 0.588. The minimum atomic E-state index is -0.708. The highest BCUT2D eigenvalue weighted by molar-refractivity contribution is 9.10. The van der Waals surface area contributed by atoms with Crippen molar-refractivity contribution >= 4 is 33.1 Å². The predicted octanol–water partition coefficient (Wildman–Crippen LogP) is 3.10. The Kier molecular flexibility index (Phi) is 3.25. The van der Waals surface area contributed by atoms with E-state index in [0.29, 0.717) is 21.7 Å². The fraction of sp³-hybridized carbons (Fsp3) is 0.182. The molecule has 0 radical (unpaired) electrons. The lowest BCUT2D eigenvalue weighted by atomic mass is 10.3. The molecule has 18 heavy (non-hydrogen) atoms. The molecule has 0 aliphatic heterocycles. The van der Waals surface area contributed by atoms with Crippen LogP contribution in [0.1, 0.15) is 5.69 Å².